The molecular weight excluding hydrogens is 326 g/mol. The fraction of sp³-hybridized carbons (Fsp3) is 0.625. The van der Waals surface area contributed by atoms with Gasteiger partial charge < -0.3 is 9.16 Å². The lowest BCUT2D eigenvalue weighted by Crippen LogP contribution is -2.46. The molecule has 0 aliphatic heterocycles. The summed E-state index contributed by atoms with van der Waals surface area (Å²) in [5, 5.41) is 0.318. The van der Waals surface area contributed by atoms with Crippen molar-refractivity contribution in [1.29, 1.82) is 0 Å². The van der Waals surface area contributed by atoms with E-state index in [2.05, 4.69) is 58.1 Å². The molecular formula is C16H29N3O2SSi. The minimum atomic E-state index is -1.88. The van der Waals surface area contributed by atoms with Crippen molar-refractivity contribution in [1.82, 2.24) is 10.4 Å². The summed E-state index contributed by atoms with van der Waals surface area (Å²) in [6, 6.07) is 3.95. The van der Waals surface area contributed by atoms with E-state index in [1.165, 1.54) is 0 Å². The Kier molecular flexibility index (Phi) is 6.31. The summed E-state index contributed by atoms with van der Waals surface area (Å²) in [4.78, 5) is 4.54. The molecule has 23 heavy (non-hydrogen) atoms. The highest BCUT2D eigenvalue weighted by atomic mass is 32.1. The van der Waals surface area contributed by atoms with Crippen molar-refractivity contribution in [2.75, 3.05) is 0 Å². The van der Waals surface area contributed by atoms with Crippen LogP contribution in [0.3, 0.4) is 0 Å². The highest BCUT2D eigenvalue weighted by molar-refractivity contribution is 7.80. The van der Waals surface area contributed by atoms with Crippen LogP contribution in [0.1, 0.15) is 45.9 Å². The molecule has 0 bridgehead atoms. The summed E-state index contributed by atoms with van der Waals surface area (Å²) in [5.41, 5.74) is 3.68. The number of hydrogen-bond donors (Lipinski definition) is 2. The molecule has 0 amide bonds. The summed E-state index contributed by atoms with van der Waals surface area (Å²) in [5.74, 6) is 5.17. The third-order valence-corrected chi connectivity index (χ3v) is 9.11. The number of ether oxygens (including phenoxy) is 1. The summed E-state index contributed by atoms with van der Waals surface area (Å²) in [7, 11) is -1.88. The molecule has 1 aromatic rings. The van der Waals surface area contributed by atoms with Gasteiger partial charge in [0.15, 0.2) is 8.32 Å². The number of thiocarbonyl (C=S) groups is 1. The fourth-order valence-electron chi connectivity index (χ4n) is 1.90. The number of nitrogens with one attached hydrogen (secondary N) is 1. The van der Waals surface area contributed by atoms with Crippen molar-refractivity contribution in [3.8, 4) is 0 Å². The Labute approximate surface area is 146 Å². The summed E-state index contributed by atoms with van der Waals surface area (Å²) in [6.07, 6.45) is 1.78. The average molecular weight is 356 g/mol. The number of rotatable bonds is 5. The lowest BCUT2D eigenvalue weighted by atomic mass is 10.0. The van der Waals surface area contributed by atoms with Gasteiger partial charge in [0.2, 0.25) is 0 Å². The normalized spacial score (nSPS) is 12.9. The van der Waals surface area contributed by atoms with Crippen molar-refractivity contribution >= 4 is 25.7 Å². The molecule has 0 spiro atoms. The number of nitrogens with two attached hydrogens (primary N) is 1. The smallest absolute Gasteiger partial charge is 0.271 e. The van der Waals surface area contributed by atoms with E-state index >= 15 is 0 Å². The van der Waals surface area contributed by atoms with E-state index in [0.717, 1.165) is 11.3 Å². The predicted molar refractivity (Wildman–Crippen MR) is 100 cm³/mol. The van der Waals surface area contributed by atoms with Gasteiger partial charge in [0.1, 0.15) is 6.61 Å². The standard InChI is InChI=1S/C16H29N3O2SSi/c1-15(2,3)23(6,7)21-16(4,5)13-9-8-12(10-18-13)11-20-14(22)19-17/h8-10H,11,17H2,1-7H3,(H,19,22). The van der Waals surface area contributed by atoms with E-state index in [1.807, 2.05) is 12.1 Å². The molecule has 1 heterocycles. The largest absolute Gasteiger partial charge is 0.465 e. The van der Waals surface area contributed by atoms with Gasteiger partial charge in [0.25, 0.3) is 5.17 Å². The summed E-state index contributed by atoms with van der Waals surface area (Å²) >= 11 is 4.84. The van der Waals surface area contributed by atoms with Crippen molar-refractivity contribution in [2.45, 2.75) is 65.0 Å². The Morgan fingerprint density at radius 2 is 1.87 bits per heavy atom. The minimum Gasteiger partial charge on any atom is -0.465 e. The van der Waals surface area contributed by atoms with Crippen LogP contribution < -0.4 is 11.3 Å². The number of hydrazine groups is 1. The van der Waals surface area contributed by atoms with Crippen LogP contribution in [0.2, 0.25) is 18.1 Å². The van der Waals surface area contributed by atoms with Crippen LogP contribution in [0.4, 0.5) is 0 Å². The zero-order valence-electron chi connectivity index (χ0n) is 15.2. The quantitative estimate of drug-likeness (QED) is 0.364. The Morgan fingerprint density at radius 1 is 1.26 bits per heavy atom. The Balaban J connectivity index is 2.83. The molecule has 0 aliphatic carbocycles. The molecule has 0 saturated heterocycles. The fourth-order valence-corrected chi connectivity index (χ4v) is 3.65. The molecule has 0 aliphatic rings. The van der Waals surface area contributed by atoms with Crippen molar-refractivity contribution < 1.29 is 9.16 Å². The van der Waals surface area contributed by atoms with Gasteiger partial charge >= 0.3 is 0 Å². The SMILES string of the molecule is CC(C)(O[Si](C)(C)C(C)(C)C)c1ccc(COC(=S)NN)cn1. The molecule has 0 unspecified atom stereocenters. The van der Waals surface area contributed by atoms with Gasteiger partial charge in [-0.15, -0.1) is 0 Å². The topological polar surface area (TPSA) is 69.4 Å². The van der Waals surface area contributed by atoms with Crippen LogP contribution in [0.15, 0.2) is 18.3 Å². The van der Waals surface area contributed by atoms with Crippen LogP contribution in [0.25, 0.3) is 0 Å². The van der Waals surface area contributed by atoms with Crippen LogP contribution in [0.5, 0.6) is 0 Å². The van der Waals surface area contributed by atoms with Gasteiger partial charge in [-0.1, -0.05) is 26.8 Å². The monoisotopic (exact) mass is 355 g/mol. The molecule has 0 atom stereocenters. The lowest BCUT2D eigenvalue weighted by molar-refractivity contribution is 0.0855. The van der Waals surface area contributed by atoms with E-state index in [1.54, 1.807) is 6.20 Å². The first kappa shape index (κ1) is 20.0. The molecule has 130 valence electrons. The zero-order chi connectivity index (χ0) is 17.9. The maximum Gasteiger partial charge on any atom is 0.271 e. The van der Waals surface area contributed by atoms with E-state index in [4.69, 9.17) is 27.2 Å². The average Bonchev–Trinajstić information content (AvgIpc) is 2.42. The van der Waals surface area contributed by atoms with E-state index in [0.29, 0.717) is 6.61 Å². The third kappa shape index (κ3) is 5.52. The lowest BCUT2D eigenvalue weighted by Gasteiger charge is -2.42. The second-order valence-electron chi connectivity index (χ2n) is 7.64. The first-order chi connectivity index (χ1) is 10.4. The van der Waals surface area contributed by atoms with Gasteiger partial charge in [0.05, 0.1) is 11.3 Å². The molecule has 1 aromatic heterocycles. The van der Waals surface area contributed by atoms with Gasteiger partial charge in [-0.05, 0) is 50.3 Å². The second kappa shape index (κ2) is 7.25. The molecule has 0 radical (unpaired) electrons. The number of nitrogens with zero attached hydrogens (tertiary/aromatic N) is 1. The number of aromatic nitrogens is 1. The van der Waals surface area contributed by atoms with E-state index < -0.39 is 13.9 Å². The summed E-state index contributed by atoms with van der Waals surface area (Å²) in [6.45, 7) is 15.7. The van der Waals surface area contributed by atoms with Gasteiger partial charge in [-0.25, -0.2) is 5.84 Å². The Morgan fingerprint density at radius 3 is 2.30 bits per heavy atom. The van der Waals surface area contributed by atoms with Crippen molar-refractivity contribution in [3.05, 3.63) is 29.6 Å². The van der Waals surface area contributed by atoms with Crippen molar-refractivity contribution in [2.24, 2.45) is 5.84 Å². The molecule has 0 aromatic carbocycles. The summed E-state index contributed by atoms with van der Waals surface area (Å²) < 4.78 is 11.8. The molecule has 0 saturated carbocycles. The van der Waals surface area contributed by atoms with E-state index in [9.17, 15) is 0 Å². The zero-order valence-corrected chi connectivity index (χ0v) is 17.0. The van der Waals surface area contributed by atoms with Crippen LogP contribution in [-0.2, 0) is 21.4 Å². The number of hydrogen-bond acceptors (Lipinski definition) is 5. The first-order valence-corrected chi connectivity index (χ1v) is 11.0. The molecule has 0 fully saturated rings. The number of pyridine rings is 1. The molecule has 1 rings (SSSR count). The van der Waals surface area contributed by atoms with Gasteiger partial charge in [0, 0.05) is 11.8 Å². The third-order valence-electron chi connectivity index (χ3n) is 4.25. The molecule has 3 N–H and O–H groups in total. The maximum atomic E-state index is 6.53. The highest BCUT2D eigenvalue weighted by Gasteiger charge is 2.42. The predicted octanol–water partition coefficient (Wildman–Crippen LogP) is 3.60. The Hall–Kier alpha value is -1.02. The maximum absolute atomic E-state index is 6.53. The second-order valence-corrected chi connectivity index (χ2v) is 12.7. The van der Waals surface area contributed by atoms with Crippen LogP contribution in [0, 0.1) is 0 Å². The van der Waals surface area contributed by atoms with Gasteiger partial charge in [-0.2, -0.15) is 0 Å². The molecule has 7 heteroatoms. The molecule has 5 nitrogen and oxygen atoms in total. The van der Waals surface area contributed by atoms with Crippen LogP contribution >= 0.6 is 12.2 Å². The Bertz CT molecular complexity index is 539. The van der Waals surface area contributed by atoms with Crippen molar-refractivity contribution in [3.63, 3.8) is 0 Å². The highest BCUT2D eigenvalue weighted by Crippen LogP contribution is 2.41. The minimum absolute atomic E-state index is 0.156. The van der Waals surface area contributed by atoms with Crippen LogP contribution in [-0.4, -0.2) is 18.5 Å². The van der Waals surface area contributed by atoms with E-state index in [-0.39, 0.29) is 10.2 Å². The first-order valence-electron chi connectivity index (χ1n) is 7.68. The van der Waals surface area contributed by atoms with Gasteiger partial charge in [-0.3, -0.25) is 10.4 Å².